The Balaban J connectivity index is 1.50. The monoisotopic (exact) mass is 1000 g/mol. The second kappa shape index (κ2) is 26.8. The van der Waals surface area contributed by atoms with Gasteiger partial charge in [-0.15, -0.1) is 18.9 Å². The van der Waals surface area contributed by atoms with Gasteiger partial charge in [0.1, 0.15) is 22.8 Å². The lowest BCUT2D eigenvalue weighted by atomic mass is 10.0. The molecule has 4 aromatic heterocycles. The fourth-order valence-electron chi connectivity index (χ4n) is 9.01. The Morgan fingerprint density at radius 2 is 0.583 bits per heavy atom. The molecule has 4 amide bonds. The van der Waals surface area contributed by atoms with Gasteiger partial charge in [-0.05, 0) is 49.9 Å². The standard InChI is InChI=1S/C48H68N12O12/c1-5-33-29-54(26-22-50-46(66)38-14-10-18-42(62)58(38)70)35(7-3)31-56(28-24-52-48(68)40-16-12-20-44(64)60(40)72)36(8-4)32-55(27-23-51-47(67)39-15-11-19-43(63)59(39)71)34(6-2)30-53(33)25-21-49-45(65)37-13-9-17-41(61)57(37)69/h9-20,33-36,69-72H,5-8,21-32H2,1-4H3,(H,49,65)(H,50,66)(H,51,67)(H,52,68)/t33-,34-,35-,36-/m0/s1. The minimum absolute atomic E-state index is 0.129. The Bertz CT molecular complexity index is 2360. The number of aromatic nitrogens is 4. The molecular weight excluding hydrogens is 937 g/mol. The zero-order valence-electron chi connectivity index (χ0n) is 41.2. The van der Waals surface area contributed by atoms with E-state index in [4.69, 9.17) is 0 Å². The van der Waals surface area contributed by atoms with Gasteiger partial charge in [-0.1, -0.05) is 52.0 Å². The maximum Gasteiger partial charge on any atom is 0.283 e. The van der Waals surface area contributed by atoms with Crippen molar-refractivity contribution in [1.29, 1.82) is 0 Å². The average molecular weight is 1010 g/mol. The Morgan fingerprint density at radius 3 is 0.764 bits per heavy atom. The number of pyridine rings is 4. The zero-order valence-corrected chi connectivity index (χ0v) is 41.2. The molecule has 1 saturated heterocycles. The minimum atomic E-state index is -0.760. The van der Waals surface area contributed by atoms with E-state index in [1.165, 1.54) is 48.5 Å². The molecule has 5 heterocycles. The molecule has 24 heteroatoms. The van der Waals surface area contributed by atoms with Crippen LogP contribution in [0.2, 0.25) is 0 Å². The highest BCUT2D eigenvalue weighted by molar-refractivity contribution is 5.93. The van der Waals surface area contributed by atoms with E-state index in [9.17, 15) is 59.2 Å². The van der Waals surface area contributed by atoms with E-state index < -0.39 is 45.9 Å². The van der Waals surface area contributed by atoms with Crippen LogP contribution in [0.15, 0.2) is 92.0 Å². The van der Waals surface area contributed by atoms with Gasteiger partial charge < -0.3 is 42.1 Å². The molecule has 5 rings (SSSR count). The number of hydrogen-bond acceptors (Lipinski definition) is 16. The highest BCUT2D eigenvalue weighted by atomic mass is 16.5. The molecule has 0 radical (unpaired) electrons. The average Bonchev–Trinajstić information content (AvgIpc) is 3.36. The van der Waals surface area contributed by atoms with Gasteiger partial charge in [0.05, 0.1) is 0 Å². The number of rotatable bonds is 20. The van der Waals surface area contributed by atoms with Gasteiger partial charge in [0.15, 0.2) is 0 Å². The third-order valence-corrected chi connectivity index (χ3v) is 13.1. The second-order valence-electron chi connectivity index (χ2n) is 17.5. The van der Waals surface area contributed by atoms with E-state index in [-0.39, 0.29) is 73.1 Å². The summed E-state index contributed by atoms with van der Waals surface area (Å²) in [7, 11) is 0. The molecule has 0 bridgehead atoms. The minimum Gasteiger partial charge on any atom is -0.425 e. The van der Waals surface area contributed by atoms with Gasteiger partial charge in [0.2, 0.25) is 0 Å². The van der Waals surface area contributed by atoms with E-state index >= 15 is 0 Å². The summed E-state index contributed by atoms with van der Waals surface area (Å²) in [5.41, 5.74) is -3.96. The van der Waals surface area contributed by atoms with E-state index in [1.807, 2.05) is 27.7 Å². The van der Waals surface area contributed by atoms with Crippen molar-refractivity contribution in [3.8, 4) is 0 Å². The highest BCUT2D eigenvalue weighted by Gasteiger charge is 2.33. The van der Waals surface area contributed by atoms with E-state index in [0.29, 0.717) is 97.0 Å². The molecule has 392 valence electrons. The lowest BCUT2D eigenvalue weighted by molar-refractivity contribution is 0.0258. The van der Waals surface area contributed by atoms with Crippen LogP contribution in [0.5, 0.6) is 0 Å². The molecule has 0 saturated carbocycles. The van der Waals surface area contributed by atoms with Crippen LogP contribution in [-0.4, -0.2) is 186 Å². The highest BCUT2D eigenvalue weighted by Crippen LogP contribution is 2.21. The number of amides is 4. The van der Waals surface area contributed by atoms with E-state index in [0.717, 1.165) is 24.3 Å². The molecule has 0 spiro atoms. The molecule has 0 aliphatic carbocycles. The van der Waals surface area contributed by atoms with Crippen LogP contribution in [0.1, 0.15) is 95.3 Å². The molecule has 1 fully saturated rings. The van der Waals surface area contributed by atoms with Crippen LogP contribution in [0.4, 0.5) is 0 Å². The Hall–Kier alpha value is -7.28. The summed E-state index contributed by atoms with van der Waals surface area (Å²) in [5.74, 6) is -2.61. The molecular formula is C48H68N12O12. The first-order valence-electron chi connectivity index (χ1n) is 24.3. The van der Waals surface area contributed by atoms with Crippen LogP contribution in [0, 0.1) is 0 Å². The molecule has 4 atom stereocenters. The molecule has 72 heavy (non-hydrogen) atoms. The maximum absolute atomic E-state index is 13.3. The Kier molecular flexibility index (Phi) is 20.7. The lowest BCUT2D eigenvalue weighted by Crippen LogP contribution is -2.60. The number of nitrogens with zero attached hydrogens (tertiary/aromatic N) is 8. The van der Waals surface area contributed by atoms with Crippen molar-refractivity contribution in [2.45, 2.75) is 77.5 Å². The largest absolute Gasteiger partial charge is 0.425 e. The first-order chi connectivity index (χ1) is 34.5. The van der Waals surface area contributed by atoms with Crippen LogP contribution in [-0.2, 0) is 0 Å². The summed E-state index contributed by atoms with van der Waals surface area (Å²) < 4.78 is 1.16. The number of carbonyl (C=O) groups excluding carboxylic acids is 4. The van der Waals surface area contributed by atoms with Gasteiger partial charge in [-0.3, -0.25) is 58.0 Å². The fourth-order valence-corrected chi connectivity index (χ4v) is 9.01. The smallest absolute Gasteiger partial charge is 0.283 e. The van der Waals surface area contributed by atoms with Gasteiger partial charge >= 0.3 is 0 Å². The van der Waals surface area contributed by atoms with E-state index in [1.54, 1.807) is 0 Å². The topological polar surface area (TPSA) is 298 Å². The Morgan fingerprint density at radius 1 is 0.389 bits per heavy atom. The number of hydrogen-bond donors (Lipinski definition) is 8. The maximum atomic E-state index is 13.3. The summed E-state index contributed by atoms with van der Waals surface area (Å²) in [5, 5.41) is 52.6. The number of carbonyl (C=O) groups is 4. The van der Waals surface area contributed by atoms with Crippen LogP contribution in [0.3, 0.4) is 0 Å². The molecule has 1 aliphatic heterocycles. The van der Waals surface area contributed by atoms with Crippen LogP contribution >= 0.6 is 0 Å². The lowest BCUT2D eigenvalue weighted by Gasteiger charge is -2.46. The molecule has 8 N–H and O–H groups in total. The number of nitrogens with one attached hydrogen (secondary N) is 4. The summed E-state index contributed by atoms with van der Waals surface area (Å²) >= 11 is 0. The SMILES string of the molecule is CC[C@H]1CN(CCNC(=O)c2cccc(=O)n2O)[C@@H](CC)CN(CCNC(=O)c2cccc(=O)n2O)[C@@H](CC)CN(CCNC(=O)c2cccc(=O)n2O)[C@@H](CC)CN1CCNC(=O)c1cccc(=O)n1O. The van der Waals surface area contributed by atoms with Gasteiger partial charge in [0, 0.05) is 127 Å². The molecule has 1 aliphatic rings. The normalized spacial score (nSPS) is 18.6. The first-order valence-corrected chi connectivity index (χ1v) is 24.3. The summed E-state index contributed by atoms with van der Waals surface area (Å²) in [6.07, 6.45) is 2.55. The molecule has 0 unspecified atom stereocenters. The second-order valence-corrected chi connectivity index (χ2v) is 17.5. The fraction of sp³-hybridized carbons (Fsp3) is 0.500. The van der Waals surface area contributed by atoms with E-state index in [2.05, 4.69) is 40.9 Å². The summed E-state index contributed by atoms with van der Waals surface area (Å²) in [6.45, 7) is 12.0. The summed E-state index contributed by atoms with van der Waals surface area (Å²) in [4.78, 5) is 111. The van der Waals surface area contributed by atoms with Crippen molar-refractivity contribution in [2.75, 3.05) is 78.5 Å². The van der Waals surface area contributed by atoms with Crippen molar-refractivity contribution >= 4 is 23.6 Å². The Labute approximate surface area is 415 Å². The van der Waals surface area contributed by atoms with Gasteiger partial charge in [0.25, 0.3) is 45.9 Å². The molecule has 24 nitrogen and oxygen atoms in total. The van der Waals surface area contributed by atoms with Gasteiger partial charge in [-0.2, -0.15) is 0 Å². The van der Waals surface area contributed by atoms with Crippen molar-refractivity contribution < 1.29 is 40.0 Å². The summed E-state index contributed by atoms with van der Waals surface area (Å²) in [6, 6.07) is 14.7. The zero-order chi connectivity index (χ0) is 52.5. The molecule has 0 aromatic carbocycles. The van der Waals surface area contributed by atoms with Crippen molar-refractivity contribution in [2.24, 2.45) is 0 Å². The van der Waals surface area contributed by atoms with Crippen molar-refractivity contribution in [1.82, 2.24) is 59.8 Å². The first kappa shape index (κ1) is 55.6. The predicted octanol–water partition coefficient (Wildman–Crippen LogP) is -0.362. The van der Waals surface area contributed by atoms with Crippen LogP contribution in [0.25, 0.3) is 0 Å². The third kappa shape index (κ3) is 14.4. The predicted molar refractivity (Wildman–Crippen MR) is 263 cm³/mol. The third-order valence-electron chi connectivity index (χ3n) is 13.1. The van der Waals surface area contributed by atoms with Crippen molar-refractivity contribution in [3.63, 3.8) is 0 Å². The van der Waals surface area contributed by atoms with Crippen molar-refractivity contribution in [3.05, 3.63) is 137 Å². The van der Waals surface area contributed by atoms with Gasteiger partial charge in [-0.25, -0.2) is 0 Å². The quantitative estimate of drug-likeness (QED) is 0.0525. The molecule has 4 aromatic rings. The van der Waals surface area contributed by atoms with Crippen LogP contribution < -0.4 is 43.5 Å².